The number of benzene rings is 2. The van der Waals surface area contributed by atoms with Gasteiger partial charge in [-0.25, -0.2) is 0 Å². The third-order valence-corrected chi connectivity index (χ3v) is 4.36. The molecular weight excluding hydrogens is 385 g/mol. The smallest absolute Gasteiger partial charge is 0.405 e. The summed E-state index contributed by atoms with van der Waals surface area (Å²) in [5, 5.41) is 2.53. The lowest BCUT2D eigenvalue weighted by Gasteiger charge is -2.15. The minimum Gasteiger partial charge on any atom is -0.405 e. The van der Waals surface area contributed by atoms with Crippen LogP contribution in [0.1, 0.15) is 24.0 Å². The maximum absolute atomic E-state index is 12.4. The normalized spacial score (nSPS) is 14.4. The molecule has 1 heterocycles. The minimum atomic E-state index is -4.80. The summed E-state index contributed by atoms with van der Waals surface area (Å²) in [7, 11) is 0. The summed E-state index contributed by atoms with van der Waals surface area (Å²) in [6.45, 7) is 0.599. The number of para-hydroxylation sites is 1. The van der Waals surface area contributed by atoms with Gasteiger partial charge in [0.2, 0.25) is 11.8 Å². The first kappa shape index (κ1) is 20.4. The molecule has 8 heteroatoms. The van der Waals surface area contributed by atoms with Crippen LogP contribution in [0.25, 0.3) is 6.08 Å². The number of halogens is 3. The minimum absolute atomic E-state index is 0.0995. The lowest BCUT2D eigenvalue weighted by molar-refractivity contribution is -0.274. The number of amides is 2. The SMILES string of the molecule is O=C(/C=C/c1ccc(N2CCCC2=O)cc1)NCc1ccccc1OC(F)(F)F. The van der Waals surface area contributed by atoms with Crippen LogP contribution >= 0.6 is 0 Å². The van der Waals surface area contributed by atoms with Crippen molar-refractivity contribution in [1.82, 2.24) is 5.32 Å². The van der Waals surface area contributed by atoms with E-state index < -0.39 is 12.3 Å². The molecule has 1 aliphatic rings. The summed E-state index contributed by atoms with van der Waals surface area (Å²) in [5.74, 6) is -0.704. The zero-order valence-corrected chi connectivity index (χ0v) is 15.4. The first-order valence-electron chi connectivity index (χ1n) is 9.02. The molecule has 0 spiro atoms. The molecule has 0 saturated carbocycles. The Kier molecular flexibility index (Phi) is 6.21. The van der Waals surface area contributed by atoms with E-state index in [9.17, 15) is 22.8 Å². The van der Waals surface area contributed by atoms with Gasteiger partial charge in [-0.3, -0.25) is 9.59 Å². The molecule has 5 nitrogen and oxygen atoms in total. The van der Waals surface area contributed by atoms with E-state index in [4.69, 9.17) is 0 Å². The van der Waals surface area contributed by atoms with E-state index in [1.165, 1.54) is 24.3 Å². The lowest BCUT2D eigenvalue weighted by Crippen LogP contribution is -2.23. The highest BCUT2D eigenvalue weighted by Gasteiger charge is 2.31. The van der Waals surface area contributed by atoms with E-state index >= 15 is 0 Å². The number of carbonyl (C=O) groups is 2. The zero-order valence-electron chi connectivity index (χ0n) is 15.4. The molecule has 152 valence electrons. The summed E-state index contributed by atoms with van der Waals surface area (Å²) >= 11 is 0. The van der Waals surface area contributed by atoms with Gasteiger partial charge in [-0.15, -0.1) is 13.2 Å². The van der Waals surface area contributed by atoms with Crippen LogP contribution in [0.2, 0.25) is 0 Å². The number of rotatable bonds is 6. The number of hydrogen-bond donors (Lipinski definition) is 1. The number of ether oxygens (including phenoxy) is 1. The molecule has 3 rings (SSSR count). The van der Waals surface area contributed by atoms with Gasteiger partial charge in [-0.05, 0) is 36.3 Å². The second kappa shape index (κ2) is 8.81. The third-order valence-electron chi connectivity index (χ3n) is 4.36. The molecule has 0 aliphatic carbocycles. The van der Waals surface area contributed by atoms with Crippen molar-refractivity contribution in [3.05, 3.63) is 65.7 Å². The van der Waals surface area contributed by atoms with Gasteiger partial charge in [-0.2, -0.15) is 0 Å². The van der Waals surface area contributed by atoms with Gasteiger partial charge < -0.3 is 15.0 Å². The molecule has 2 aromatic carbocycles. The number of nitrogens with zero attached hydrogens (tertiary/aromatic N) is 1. The van der Waals surface area contributed by atoms with E-state index in [2.05, 4.69) is 10.1 Å². The first-order valence-corrected chi connectivity index (χ1v) is 9.02. The molecular formula is C21H19F3N2O3. The van der Waals surface area contributed by atoms with Crippen LogP contribution < -0.4 is 15.0 Å². The number of alkyl halides is 3. The van der Waals surface area contributed by atoms with Gasteiger partial charge in [0, 0.05) is 36.8 Å². The average molecular weight is 404 g/mol. The van der Waals surface area contributed by atoms with Crippen LogP contribution in [0.3, 0.4) is 0 Å². The monoisotopic (exact) mass is 404 g/mol. The summed E-state index contributed by atoms with van der Waals surface area (Å²) < 4.78 is 41.3. The maximum Gasteiger partial charge on any atom is 0.573 e. The molecule has 0 aromatic heterocycles. The van der Waals surface area contributed by atoms with Crippen LogP contribution in [0, 0.1) is 0 Å². The van der Waals surface area contributed by atoms with Crippen molar-refractivity contribution in [2.24, 2.45) is 0 Å². The Morgan fingerprint density at radius 2 is 1.86 bits per heavy atom. The average Bonchev–Trinajstić information content (AvgIpc) is 3.11. The van der Waals surface area contributed by atoms with Gasteiger partial charge in [0.05, 0.1) is 0 Å². The molecule has 1 aliphatic heterocycles. The second-order valence-electron chi connectivity index (χ2n) is 6.45. The molecule has 29 heavy (non-hydrogen) atoms. The first-order chi connectivity index (χ1) is 13.8. The van der Waals surface area contributed by atoms with Crippen molar-refractivity contribution in [3.8, 4) is 5.75 Å². The summed E-state index contributed by atoms with van der Waals surface area (Å²) in [5.41, 5.74) is 1.79. The van der Waals surface area contributed by atoms with Gasteiger partial charge >= 0.3 is 6.36 Å². The molecule has 0 unspecified atom stereocenters. The number of anilines is 1. The fourth-order valence-corrected chi connectivity index (χ4v) is 2.97. The summed E-state index contributed by atoms with van der Waals surface area (Å²) in [6.07, 6.45) is -0.519. The lowest BCUT2D eigenvalue weighted by atomic mass is 10.1. The Hall–Kier alpha value is -3.29. The van der Waals surface area contributed by atoms with E-state index in [1.54, 1.807) is 29.2 Å². The van der Waals surface area contributed by atoms with Gasteiger partial charge in [0.15, 0.2) is 0 Å². The fraction of sp³-hybridized carbons (Fsp3) is 0.238. The van der Waals surface area contributed by atoms with Crippen molar-refractivity contribution in [1.29, 1.82) is 0 Å². The molecule has 0 atom stereocenters. The molecule has 1 fully saturated rings. The Balaban J connectivity index is 1.56. The van der Waals surface area contributed by atoms with Gasteiger partial charge in [0.25, 0.3) is 0 Å². The molecule has 1 N–H and O–H groups in total. The quantitative estimate of drug-likeness (QED) is 0.740. The van der Waals surface area contributed by atoms with E-state index in [1.807, 2.05) is 12.1 Å². The van der Waals surface area contributed by atoms with Crippen molar-refractivity contribution < 1.29 is 27.5 Å². The number of nitrogens with one attached hydrogen (secondary N) is 1. The number of hydrogen-bond acceptors (Lipinski definition) is 3. The highest BCUT2D eigenvalue weighted by molar-refractivity contribution is 5.95. The van der Waals surface area contributed by atoms with Crippen molar-refractivity contribution in [3.63, 3.8) is 0 Å². The Labute approximate surface area is 165 Å². The van der Waals surface area contributed by atoms with E-state index in [0.29, 0.717) is 13.0 Å². The topological polar surface area (TPSA) is 58.6 Å². The maximum atomic E-state index is 12.4. The number of carbonyl (C=O) groups excluding carboxylic acids is 2. The standard InChI is InChI=1S/C21H19F3N2O3/c22-21(23,24)29-18-5-2-1-4-16(18)14-25-19(27)12-9-15-7-10-17(11-8-15)26-13-3-6-20(26)28/h1-2,4-5,7-12H,3,6,13-14H2,(H,25,27)/b12-9+. The van der Waals surface area contributed by atoms with Crippen LogP contribution in [0.5, 0.6) is 5.75 Å². The van der Waals surface area contributed by atoms with Gasteiger partial charge in [0.1, 0.15) is 5.75 Å². The van der Waals surface area contributed by atoms with Crippen molar-refractivity contribution in [2.75, 3.05) is 11.4 Å². The van der Waals surface area contributed by atoms with Crippen LogP contribution in [0.4, 0.5) is 18.9 Å². The van der Waals surface area contributed by atoms with E-state index in [-0.39, 0.29) is 23.8 Å². The van der Waals surface area contributed by atoms with Gasteiger partial charge in [-0.1, -0.05) is 30.3 Å². The Bertz CT molecular complexity index is 908. The summed E-state index contributed by atoms with van der Waals surface area (Å²) in [4.78, 5) is 25.5. The van der Waals surface area contributed by atoms with Crippen molar-refractivity contribution in [2.45, 2.75) is 25.7 Å². The van der Waals surface area contributed by atoms with Crippen LogP contribution in [-0.2, 0) is 16.1 Å². The van der Waals surface area contributed by atoms with Crippen LogP contribution in [-0.4, -0.2) is 24.7 Å². The molecule has 0 radical (unpaired) electrons. The van der Waals surface area contributed by atoms with Crippen molar-refractivity contribution >= 4 is 23.6 Å². The largest absolute Gasteiger partial charge is 0.573 e. The predicted octanol–water partition coefficient (Wildman–Crippen LogP) is 4.04. The highest BCUT2D eigenvalue weighted by atomic mass is 19.4. The third kappa shape index (κ3) is 5.84. The Morgan fingerprint density at radius 1 is 1.14 bits per heavy atom. The fourth-order valence-electron chi connectivity index (χ4n) is 2.97. The molecule has 1 saturated heterocycles. The molecule has 2 amide bonds. The highest BCUT2D eigenvalue weighted by Crippen LogP contribution is 2.26. The molecule has 2 aromatic rings. The van der Waals surface area contributed by atoms with Crippen LogP contribution in [0.15, 0.2) is 54.6 Å². The van der Waals surface area contributed by atoms with E-state index in [0.717, 1.165) is 17.7 Å². The second-order valence-corrected chi connectivity index (χ2v) is 6.45. The Morgan fingerprint density at radius 3 is 2.52 bits per heavy atom. The molecule has 0 bridgehead atoms. The zero-order chi connectivity index (χ0) is 20.9. The predicted molar refractivity (Wildman–Crippen MR) is 102 cm³/mol. The summed E-state index contributed by atoms with van der Waals surface area (Å²) in [6, 6.07) is 12.8.